The van der Waals surface area contributed by atoms with Crippen LogP contribution in [0.5, 0.6) is 0 Å². The topological polar surface area (TPSA) is 102 Å². The first-order valence-electron chi connectivity index (χ1n) is 10.5. The summed E-state index contributed by atoms with van der Waals surface area (Å²) in [6.45, 7) is -1.88. The molecular weight excluding hydrogens is 456 g/mol. The number of benzene rings is 1. The number of carbonyl (C=O) groups excluding carboxylic acids is 2. The van der Waals surface area contributed by atoms with E-state index in [-0.39, 0.29) is 11.3 Å². The van der Waals surface area contributed by atoms with Gasteiger partial charge in [0, 0.05) is 11.8 Å². The van der Waals surface area contributed by atoms with Crippen LogP contribution in [0.2, 0.25) is 0 Å². The van der Waals surface area contributed by atoms with Crippen molar-refractivity contribution in [1.82, 2.24) is 25.3 Å². The van der Waals surface area contributed by atoms with E-state index in [1.165, 1.54) is 35.1 Å². The summed E-state index contributed by atoms with van der Waals surface area (Å²) in [6.07, 6.45) is -1.04. The third-order valence-corrected chi connectivity index (χ3v) is 4.76. The second kappa shape index (κ2) is 11.3. The molecule has 3 rings (SSSR count). The molecule has 2 heterocycles. The van der Waals surface area contributed by atoms with Gasteiger partial charge in [0.15, 0.2) is 5.69 Å². The zero-order valence-electron chi connectivity index (χ0n) is 18.0. The first kappa shape index (κ1) is 24.8. The summed E-state index contributed by atoms with van der Waals surface area (Å²) in [5, 5.41) is 12.5. The number of pyridine rings is 1. The van der Waals surface area contributed by atoms with Crippen molar-refractivity contribution in [3.05, 3.63) is 65.6 Å². The number of hydrogen-bond acceptors (Lipinski definition) is 5. The molecule has 0 fully saturated rings. The van der Waals surface area contributed by atoms with E-state index in [9.17, 15) is 27.2 Å². The first-order chi connectivity index (χ1) is 16.3. The van der Waals surface area contributed by atoms with Crippen molar-refractivity contribution in [3.63, 3.8) is 0 Å². The standard InChI is InChI=1S/C22H22F4N6O2/c23-12-4-1-2-6-17-19(21(34)29-18-7-3-5-13-27-18)30-31-32(17)16-10-8-15(9-11-16)20(33)28-14-22(24,25)26/h3,5,7-11,13H,1-2,4,6,12,14H2,(H,28,33)(H,27,29,34). The fraction of sp³-hybridized carbons (Fsp3) is 0.318. The van der Waals surface area contributed by atoms with Crippen LogP contribution in [-0.2, 0) is 6.42 Å². The fourth-order valence-electron chi connectivity index (χ4n) is 3.12. The number of alkyl halides is 4. The molecule has 0 unspecified atom stereocenters. The lowest BCUT2D eigenvalue weighted by molar-refractivity contribution is -0.123. The van der Waals surface area contributed by atoms with Gasteiger partial charge in [-0.1, -0.05) is 17.7 Å². The molecule has 0 aliphatic rings. The van der Waals surface area contributed by atoms with Gasteiger partial charge in [-0.15, -0.1) is 5.10 Å². The average Bonchev–Trinajstić information content (AvgIpc) is 3.24. The highest BCUT2D eigenvalue weighted by atomic mass is 19.4. The van der Waals surface area contributed by atoms with Crippen LogP contribution in [0.15, 0.2) is 48.7 Å². The molecule has 2 amide bonds. The maximum absolute atomic E-state index is 12.8. The molecule has 0 saturated heterocycles. The Morgan fingerprint density at radius 2 is 1.74 bits per heavy atom. The molecule has 34 heavy (non-hydrogen) atoms. The van der Waals surface area contributed by atoms with Gasteiger partial charge in [-0.05, 0) is 55.7 Å². The number of unbranched alkanes of at least 4 members (excludes halogenated alkanes) is 2. The van der Waals surface area contributed by atoms with Gasteiger partial charge in [-0.2, -0.15) is 13.2 Å². The van der Waals surface area contributed by atoms with Gasteiger partial charge >= 0.3 is 6.18 Å². The van der Waals surface area contributed by atoms with Crippen LogP contribution in [0.1, 0.15) is 45.8 Å². The maximum Gasteiger partial charge on any atom is 0.405 e. The van der Waals surface area contributed by atoms with Gasteiger partial charge in [0.2, 0.25) is 0 Å². The van der Waals surface area contributed by atoms with Crippen LogP contribution in [0.25, 0.3) is 5.69 Å². The summed E-state index contributed by atoms with van der Waals surface area (Å²) in [5.74, 6) is -1.06. The van der Waals surface area contributed by atoms with Crippen LogP contribution in [-0.4, -0.2) is 51.2 Å². The molecule has 2 aromatic heterocycles. The van der Waals surface area contributed by atoms with Crippen molar-refractivity contribution in [2.75, 3.05) is 18.5 Å². The third kappa shape index (κ3) is 6.83. The molecule has 12 heteroatoms. The lowest BCUT2D eigenvalue weighted by atomic mass is 10.1. The van der Waals surface area contributed by atoms with Crippen molar-refractivity contribution >= 4 is 17.6 Å². The van der Waals surface area contributed by atoms with Gasteiger partial charge in [0.1, 0.15) is 12.4 Å². The Labute approximate surface area is 192 Å². The summed E-state index contributed by atoms with van der Waals surface area (Å²) in [5.41, 5.74) is 1.03. The van der Waals surface area contributed by atoms with Crippen LogP contribution in [0.3, 0.4) is 0 Å². The maximum atomic E-state index is 12.8. The highest BCUT2D eigenvalue weighted by Gasteiger charge is 2.28. The molecule has 0 spiro atoms. The molecule has 1 aromatic carbocycles. The number of anilines is 1. The van der Waals surface area contributed by atoms with Gasteiger partial charge in [-0.25, -0.2) is 9.67 Å². The molecule has 0 saturated carbocycles. The number of nitrogens with one attached hydrogen (secondary N) is 2. The lowest BCUT2D eigenvalue weighted by Gasteiger charge is -2.10. The number of rotatable bonds is 10. The third-order valence-electron chi connectivity index (χ3n) is 4.76. The number of nitrogens with zero attached hydrogens (tertiary/aromatic N) is 4. The molecule has 0 bridgehead atoms. The predicted molar refractivity (Wildman–Crippen MR) is 115 cm³/mol. The van der Waals surface area contributed by atoms with E-state index in [0.29, 0.717) is 42.9 Å². The Bertz CT molecular complexity index is 1100. The largest absolute Gasteiger partial charge is 0.405 e. The number of carbonyl (C=O) groups is 2. The van der Waals surface area contributed by atoms with E-state index in [2.05, 4.69) is 20.6 Å². The first-order valence-corrected chi connectivity index (χ1v) is 10.5. The van der Waals surface area contributed by atoms with Crippen molar-refractivity contribution in [2.24, 2.45) is 0 Å². The minimum absolute atomic E-state index is 0.0331. The Balaban J connectivity index is 1.82. The molecule has 3 aromatic rings. The van der Waals surface area contributed by atoms with E-state index < -0.39 is 31.2 Å². The second-order valence-corrected chi connectivity index (χ2v) is 7.31. The van der Waals surface area contributed by atoms with Gasteiger partial charge in [0.05, 0.1) is 18.1 Å². The van der Waals surface area contributed by atoms with E-state index in [0.717, 1.165) is 0 Å². The number of halogens is 4. The van der Waals surface area contributed by atoms with Crippen LogP contribution in [0.4, 0.5) is 23.4 Å². The highest BCUT2D eigenvalue weighted by Crippen LogP contribution is 2.19. The SMILES string of the molecule is O=C(NCC(F)(F)F)c1ccc(-n2nnc(C(=O)Nc3ccccn3)c2CCCCCF)cc1. The summed E-state index contributed by atoms with van der Waals surface area (Å²) in [4.78, 5) is 28.8. The van der Waals surface area contributed by atoms with E-state index >= 15 is 0 Å². The van der Waals surface area contributed by atoms with Crippen LogP contribution < -0.4 is 10.6 Å². The zero-order valence-corrected chi connectivity index (χ0v) is 18.0. The summed E-state index contributed by atoms with van der Waals surface area (Å²) in [6, 6.07) is 10.7. The lowest BCUT2D eigenvalue weighted by Crippen LogP contribution is -2.33. The van der Waals surface area contributed by atoms with Gasteiger partial charge in [-0.3, -0.25) is 14.0 Å². The van der Waals surface area contributed by atoms with E-state index in [4.69, 9.17) is 0 Å². The fourth-order valence-corrected chi connectivity index (χ4v) is 3.12. The average molecular weight is 478 g/mol. The Morgan fingerprint density at radius 3 is 2.38 bits per heavy atom. The molecule has 8 nitrogen and oxygen atoms in total. The molecule has 0 aliphatic carbocycles. The minimum atomic E-state index is -4.51. The smallest absolute Gasteiger partial charge is 0.343 e. The van der Waals surface area contributed by atoms with Gasteiger partial charge in [0.25, 0.3) is 11.8 Å². The predicted octanol–water partition coefficient (Wildman–Crippen LogP) is 3.89. The minimum Gasteiger partial charge on any atom is -0.343 e. The summed E-state index contributed by atoms with van der Waals surface area (Å²) < 4.78 is 50.9. The molecule has 0 aliphatic heterocycles. The molecular formula is C22H22F4N6O2. The normalized spacial score (nSPS) is 11.3. The van der Waals surface area contributed by atoms with E-state index in [1.807, 2.05) is 0 Å². The quantitative estimate of drug-likeness (QED) is 0.340. The molecule has 2 N–H and O–H groups in total. The highest BCUT2D eigenvalue weighted by molar-refractivity contribution is 6.03. The van der Waals surface area contributed by atoms with Crippen molar-refractivity contribution in [3.8, 4) is 5.69 Å². The molecule has 0 radical (unpaired) electrons. The van der Waals surface area contributed by atoms with Crippen molar-refractivity contribution in [2.45, 2.75) is 31.9 Å². The number of aromatic nitrogens is 4. The number of hydrogen-bond donors (Lipinski definition) is 2. The summed E-state index contributed by atoms with van der Waals surface area (Å²) >= 11 is 0. The molecule has 180 valence electrons. The van der Waals surface area contributed by atoms with Crippen LogP contribution >= 0.6 is 0 Å². The zero-order chi connectivity index (χ0) is 24.6. The van der Waals surface area contributed by atoms with E-state index in [1.54, 1.807) is 23.5 Å². The van der Waals surface area contributed by atoms with Gasteiger partial charge < -0.3 is 10.6 Å². The molecule has 0 atom stereocenters. The van der Waals surface area contributed by atoms with Crippen molar-refractivity contribution < 1.29 is 27.2 Å². The summed E-state index contributed by atoms with van der Waals surface area (Å²) in [7, 11) is 0. The van der Waals surface area contributed by atoms with Crippen molar-refractivity contribution in [1.29, 1.82) is 0 Å². The second-order valence-electron chi connectivity index (χ2n) is 7.31. The Hall–Kier alpha value is -3.83. The van der Waals surface area contributed by atoms with Crippen LogP contribution in [0, 0.1) is 0 Å². The number of amides is 2. The Kier molecular flexibility index (Phi) is 8.28. The Morgan fingerprint density at radius 1 is 0.971 bits per heavy atom. The monoisotopic (exact) mass is 478 g/mol.